The minimum atomic E-state index is -0.0344. The first-order chi connectivity index (χ1) is 10.1. The summed E-state index contributed by atoms with van der Waals surface area (Å²) in [7, 11) is 0. The fourth-order valence-electron chi connectivity index (χ4n) is 2.08. The standard InChI is InChI=1S/C17H19ClN2O/c1-12-5-6-14(10-16(12)18)7-8-17(21)20-13(2)15-4-3-9-19-11-15/h3-6,9-11,13H,7-8H2,1-2H3,(H,20,21)/t13-/m1/s1. The first kappa shape index (κ1) is 15.5. The number of aryl methyl sites for hydroxylation is 2. The molecule has 0 bridgehead atoms. The molecule has 0 spiro atoms. The molecule has 0 aliphatic rings. The van der Waals surface area contributed by atoms with Crippen molar-refractivity contribution < 1.29 is 4.79 Å². The maximum Gasteiger partial charge on any atom is 0.220 e. The number of hydrogen-bond acceptors (Lipinski definition) is 2. The lowest BCUT2D eigenvalue weighted by Gasteiger charge is -2.14. The Morgan fingerprint density at radius 2 is 2.19 bits per heavy atom. The number of rotatable bonds is 5. The second-order valence-electron chi connectivity index (χ2n) is 5.16. The maximum atomic E-state index is 12.0. The summed E-state index contributed by atoms with van der Waals surface area (Å²) >= 11 is 6.09. The molecular weight excluding hydrogens is 284 g/mol. The monoisotopic (exact) mass is 302 g/mol. The molecule has 0 radical (unpaired) electrons. The number of nitrogens with one attached hydrogen (secondary N) is 1. The Kier molecular flexibility index (Phi) is 5.34. The molecule has 1 amide bonds. The second-order valence-corrected chi connectivity index (χ2v) is 5.57. The number of aromatic nitrogens is 1. The Balaban J connectivity index is 1.86. The van der Waals surface area contributed by atoms with Gasteiger partial charge in [0.05, 0.1) is 6.04 Å². The lowest BCUT2D eigenvalue weighted by molar-refractivity contribution is -0.121. The zero-order valence-electron chi connectivity index (χ0n) is 12.3. The first-order valence-corrected chi connectivity index (χ1v) is 7.38. The van der Waals surface area contributed by atoms with Gasteiger partial charge in [-0.25, -0.2) is 0 Å². The van der Waals surface area contributed by atoms with Gasteiger partial charge in [-0.05, 0) is 49.1 Å². The van der Waals surface area contributed by atoms with Crippen LogP contribution in [0.3, 0.4) is 0 Å². The molecule has 1 atom stereocenters. The van der Waals surface area contributed by atoms with E-state index in [0.717, 1.165) is 21.7 Å². The third-order valence-corrected chi connectivity index (χ3v) is 3.85. The molecule has 110 valence electrons. The average molecular weight is 303 g/mol. The highest BCUT2D eigenvalue weighted by molar-refractivity contribution is 6.31. The number of pyridine rings is 1. The van der Waals surface area contributed by atoms with Gasteiger partial charge in [0.2, 0.25) is 5.91 Å². The molecule has 0 saturated carbocycles. The van der Waals surface area contributed by atoms with Crippen molar-refractivity contribution >= 4 is 17.5 Å². The van der Waals surface area contributed by atoms with Crippen LogP contribution < -0.4 is 5.32 Å². The molecule has 2 aromatic rings. The summed E-state index contributed by atoms with van der Waals surface area (Å²) in [5.74, 6) is 0.0306. The van der Waals surface area contributed by atoms with Crippen LogP contribution in [0.4, 0.5) is 0 Å². The van der Waals surface area contributed by atoms with Crippen LogP contribution in [0, 0.1) is 6.92 Å². The minimum Gasteiger partial charge on any atom is -0.350 e. The lowest BCUT2D eigenvalue weighted by Crippen LogP contribution is -2.26. The van der Waals surface area contributed by atoms with Crippen molar-refractivity contribution in [3.63, 3.8) is 0 Å². The van der Waals surface area contributed by atoms with Crippen LogP contribution in [0.25, 0.3) is 0 Å². The normalized spacial score (nSPS) is 12.0. The summed E-state index contributed by atoms with van der Waals surface area (Å²) in [6, 6.07) is 9.71. The van der Waals surface area contributed by atoms with E-state index in [-0.39, 0.29) is 11.9 Å². The molecular formula is C17H19ClN2O. The van der Waals surface area contributed by atoms with E-state index in [2.05, 4.69) is 10.3 Å². The Labute approximate surface area is 130 Å². The van der Waals surface area contributed by atoms with Crippen molar-refractivity contribution in [2.24, 2.45) is 0 Å². The topological polar surface area (TPSA) is 42.0 Å². The lowest BCUT2D eigenvalue weighted by atomic mass is 10.1. The molecule has 0 unspecified atom stereocenters. The molecule has 2 rings (SSSR count). The van der Waals surface area contributed by atoms with Gasteiger partial charge in [-0.3, -0.25) is 9.78 Å². The number of halogens is 1. The van der Waals surface area contributed by atoms with Crippen LogP contribution >= 0.6 is 11.6 Å². The highest BCUT2D eigenvalue weighted by Gasteiger charge is 2.09. The molecule has 21 heavy (non-hydrogen) atoms. The van der Waals surface area contributed by atoms with Gasteiger partial charge in [-0.2, -0.15) is 0 Å². The largest absolute Gasteiger partial charge is 0.350 e. The third kappa shape index (κ3) is 4.57. The van der Waals surface area contributed by atoms with E-state index in [1.807, 2.05) is 44.2 Å². The summed E-state index contributed by atoms with van der Waals surface area (Å²) in [6.07, 6.45) is 4.62. The number of nitrogens with zero attached hydrogens (tertiary/aromatic N) is 1. The van der Waals surface area contributed by atoms with Crippen LogP contribution in [0.1, 0.15) is 36.1 Å². The smallest absolute Gasteiger partial charge is 0.220 e. The van der Waals surface area contributed by atoms with Gasteiger partial charge < -0.3 is 5.32 Å². The van der Waals surface area contributed by atoms with E-state index in [4.69, 9.17) is 11.6 Å². The Morgan fingerprint density at radius 1 is 1.38 bits per heavy atom. The van der Waals surface area contributed by atoms with Crippen LogP contribution in [-0.4, -0.2) is 10.9 Å². The quantitative estimate of drug-likeness (QED) is 0.911. The minimum absolute atomic E-state index is 0.0306. The van der Waals surface area contributed by atoms with Gasteiger partial charge in [0, 0.05) is 23.8 Å². The fraction of sp³-hybridized carbons (Fsp3) is 0.294. The van der Waals surface area contributed by atoms with E-state index >= 15 is 0 Å². The van der Waals surface area contributed by atoms with Gasteiger partial charge in [0.1, 0.15) is 0 Å². The molecule has 1 N–H and O–H groups in total. The zero-order valence-corrected chi connectivity index (χ0v) is 13.0. The summed E-state index contributed by atoms with van der Waals surface area (Å²) < 4.78 is 0. The van der Waals surface area contributed by atoms with E-state index in [1.165, 1.54) is 0 Å². The maximum absolute atomic E-state index is 12.0. The predicted molar refractivity (Wildman–Crippen MR) is 85.3 cm³/mol. The second kappa shape index (κ2) is 7.23. The first-order valence-electron chi connectivity index (χ1n) is 7.00. The summed E-state index contributed by atoms with van der Waals surface area (Å²) in [5.41, 5.74) is 3.13. The molecule has 4 heteroatoms. The summed E-state index contributed by atoms with van der Waals surface area (Å²) in [5, 5.41) is 3.73. The van der Waals surface area contributed by atoms with Crippen molar-refractivity contribution in [1.29, 1.82) is 0 Å². The third-order valence-electron chi connectivity index (χ3n) is 3.44. The molecule has 3 nitrogen and oxygen atoms in total. The van der Waals surface area contributed by atoms with Crippen molar-refractivity contribution in [3.05, 3.63) is 64.4 Å². The van der Waals surface area contributed by atoms with Crippen LogP contribution in [0.5, 0.6) is 0 Å². The number of benzene rings is 1. The molecule has 0 fully saturated rings. The summed E-state index contributed by atoms with van der Waals surface area (Å²) in [6.45, 7) is 3.92. The van der Waals surface area contributed by atoms with E-state index < -0.39 is 0 Å². The van der Waals surface area contributed by atoms with E-state index in [0.29, 0.717) is 12.8 Å². The van der Waals surface area contributed by atoms with E-state index in [9.17, 15) is 4.79 Å². The van der Waals surface area contributed by atoms with E-state index in [1.54, 1.807) is 12.4 Å². The van der Waals surface area contributed by atoms with Crippen molar-refractivity contribution in [2.45, 2.75) is 32.7 Å². The highest BCUT2D eigenvalue weighted by Crippen LogP contribution is 2.18. The van der Waals surface area contributed by atoms with Gasteiger partial charge in [0.25, 0.3) is 0 Å². The molecule has 0 aliphatic carbocycles. The van der Waals surface area contributed by atoms with Gasteiger partial charge in [-0.1, -0.05) is 29.8 Å². The van der Waals surface area contributed by atoms with Crippen LogP contribution in [0.15, 0.2) is 42.7 Å². The molecule has 1 aromatic carbocycles. The number of carbonyl (C=O) groups excluding carboxylic acids is 1. The number of hydrogen-bond donors (Lipinski definition) is 1. The zero-order chi connectivity index (χ0) is 15.2. The van der Waals surface area contributed by atoms with Crippen LogP contribution in [-0.2, 0) is 11.2 Å². The molecule has 0 aliphatic heterocycles. The Bertz CT molecular complexity index is 613. The SMILES string of the molecule is Cc1ccc(CCC(=O)N[C@H](C)c2cccnc2)cc1Cl. The fourth-order valence-corrected chi connectivity index (χ4v) is 2.28. The summed E-state index contributed by atoms with van der Waals surface area (Å²) in [4.78, 5) is 16.0. The Morgan fingerprint density at radius 3 is 2.86 bits per heavy atom. The molecule has 1 aromatic heterocycles. The van der Waals surface area contributed by atoms with Gasteiger partial charge >= 0.3 is 0 Å². The number of amides is 1. The van der Waals surface area contributed by atoms with Gasteiger partial charge in [-0.15, -0.1) is 0 Å². The molecule has 1 heterocycles. The van der Waals surface area contributed by atoms with Crippen molar-refractivity contribution in [2.75, 3.05) is 0 Å². The van der Waals surface area contributed by atoms with Gasteiger partial charge in [0.15, 0.2) is 0 Å². The van der Waals surface area contributed by atoms with Crippen molar-refractivity contribution in [3.8, 4) is 0 Å². The number of carbonyl (C=O) groups is 1. The highest BCUT2D eigenvalue weighted by atomic mass is 35.5. The predicted octanol–water partition coefficient (Wildman–Crippen LogP) is 3.85. The average Bonchev–Trinajstić information content (AvgIpc) is 2.49. The molecule has 0 saturated heterocycles. The van der Waals surface area contributed by atoms with Crippen LogP contribution in [0.2, 0.25) is 5.02 Å². The van der Waals surface area contributed by atoms with Crippen molar-refractivity contribution in [1.82, 2.24) is 10.3 Å². The Hall–Kier alpha value is -1.87.